The predicted octanol–water partition coefficient (Wildman–Crippen LogP) is 5.34. The molecule has 2 saturated heterocycles. The largest absolute Gasteiger partial charge is 0.493 e. The van der Waals surface area contributed by atoms with Crippen LogP contribution >= 0.6 is 31.9 Å². The van der Waals surface area contributed by atoms with E-state index < -0.39 is 6.04 Å². The van der Waals surface area contributed by atoms with Gasteiger partial charge in [0.1, 0.15) is 6.04 Å². The molecule has 0 unspecified atom stereocenters. The Morgan fingerprint density at radius 2 is 1.56 bits per heavy atom. The van der Waals surface area contributed by atoms with Gasteiger partial charge >= 0.3 is 11.7 Å². The molecule has 0 aliphatic carbocycles. The van der Waals surface area contributed by atoms with Gasteiger partial charge in [0.05, 0.1) is 11.4 Å². The summed E-state index contributed by atoms with van der Waals surface area (Å²) in [4.78, 5) is 51.0. The topological polar surface area (TPSA) is 150 Å². The fourth-order valence-electron chi connectivity index (χ4n) is 6.80. The van der Waals surface area contributed by atoms with E-state index in [9.17, 15) is 19.5 Å². The number of aromatic nitrogens is 3. The highest BCUT2D eigenvalue weighted by molar-refractivity contribution is 9.11. The Labute approximate surface area is 295 Å². The summed E-state index contributed by atoms with van der Waals surface area (Å²) in [6.07, 6.45) is 6.95. The van der Waals surface area contributed by atoms with Crippen LogP contribution in [0.3, 0.4) is 0 Å². The number of nitrogens with zero attached hydrogens (tertiary/aromatic N) is 4. The van der Waals surface area contributed by atoms with Gasteiger partial charge in [0.15, 0.2) is 0 Å². The van der Waals surface area contributed by atoms with Crippen molar-refractivity contribution in [2.75, 3.05) is 31.9 Å². The minimum atomic E-state index is -0.785. The smallest absolute Gasteiger partial charge is 0.328 e. The fraction of sp³-hybridized carbons (Fsp3) is 0.371. The molecule has 3 amide bonds. The second-order valence-electron chi connectivity index (χ2n) is 12.5. The first-order valence-electron chi connectivity index (χ1n) is 16.2. The molecule has 13 heteroatoms. The maximum atomic E-state index is 14.0. The Hall–Kier alpha value is -4.10. The number of halogens is 2. The summed E-state index contributed by atoms with van der Waals surface area (Å²) in [5.74, 6) is 0.174. The van der Waals surface area contributed by atoms with E-state index >= 15 is 0 Å². The van der Waals surface area contributed by atoms with E-state index in [1.54, 1.807) is 17.3 Å². The molecule has 6 rings (SSSR count). The lowest BCUT2D eigenvalue weighted by Crippen LogP contribution is -2.55. The van der Waals surface area contributed by atoms with Gasteiger partial charge in [-0.2, -0.15) is 0 Å². The average Bonchev–Trinajstić information content (AvgIpc) is 3.38. The number of imidazole rings is 1. The molecular weight excluding hydrogens is 742 g/mol. The molecule has 4 heterocycles. The number of likely N-dealkylation sites (tertiary alicyclic amines) is 2. The Kier molecular flexibility index (Phi) is 10.5. The number of aromatic amines is 1. The molecule has 4 aromatic rings. The molecule has 2 aromatic carbocycles. The first-order chi connectivity index (χ1) is 23.2. The summed E-state index contributed by atoms with van der Waals surface area (Å²) in [6.45, 7) is 1.94. The van der Waals surface area contributed by atoms with Crippen molar-refractivity contribution < 1.29 is 14.7 Å². The van der Waals surface area contributed by atoms with E-state index in [0.717, 1.165) is 24.0 Å². The van der Waals surface area contributed by atoms with Gasteiger partial charge < -0.3 is 30.9 Å². The van der Waals surface area contributed by atoms with Gasteiger partial charge in [0.2, 0.25) is 11.8 Å². The highest BCUT2D eigenvalue weighted by atomic mass is 79.9. The first-order valence-corrected chi connectivity index (χ1v) is 17.8. The van der Waals surface area contributed by atoms with Gasteiger partial charge in [0.25, 0.3) is 0 Å². The number of carbonyl (C=O) groups excluding carboxylic acids is 2. The van der Waals surface area contributed by atoms with Crippen LogP contribution < -0.4 is 16.7 Å². The number of piperidine rings is 2. The SMILES string of the molecule is Nc1c(Br)cc(C[C@H](NC(=O)N2CCC(n3c(O)c(Cc4ccccc4)[nH]c3=O)CC2)C(=O)N2CCC(c3ccncc3)CC2)cc1Br. The summed E-state index contributed by atoms with van der Waals surface area (Å²) in [5.41, 5.74) is 9.84. The van der Waals surface area contributed by atoms with E-state index in [1.807, 2.05) is 59.5 Å². The van der Waals surface area contributed by atoms with Gasteiger partial charge in [-0.1, -0.05) is 30.3 Å². The third-order valence-corrected chi connectivity index (χ3v) is 10.8. The lowest BCUT2D eigenvalue weighted by atomic mass is 9.89. The number of nitrogens with two attached hydrogens (primary N) is 1. The first kappa shape index (κ1) is 33.8. The number of amides is 3. The molecule has 0 spiro atoms. The van der Waals surface area contributed by atoms with Crippen molar-refractivity contribution in [1.29, 1.82) is 0 Å². The lowest BCUT2D eigenvalue weighted by Gasteiger charge is -2.36. The van der Waals surface area contributed by atoms with E-state index in [4.69, 9.17) is 5.73 Å². The molecule has 48 heavy (non-hydrogen) atoms. The minimum absolute atomic E-state index is 0.0639. The van der Waals surface area contributed by atoms with Gasteiger partial charge in [-0.05, 0) is 104 Å². The number of carbonyl (C=O) groups is 2. The highest BCUT2D eigenvalue weighted by Crippen LogP contribution is 2.32. The van der Waals surface area contributed by atoms with Gasteiger partial charge in [-0.25, -0.2) is 9.59 Å². The molecule has 2 aromatic heterocycles. The Morgan fingerprint density at radius 1 is 0.938 bits per heavy atom. The molecule has 0 radical (unpaired) electrons. The number of benzene rings is 2. The predicted molar refractivity (Wildman–Crippen MR) is 191 cm³/mol. The number of hydrogen-bond donors (Lipinski definition) is 4. The summed E-state index contributed by atoms with van der Waals surface area (Å²) in [5, 5.41) is 14.0. The highest BCUT2D eigenvalue weighted by Gasteiger charge is 2.33. The molecule has 2 fully saturated rings. The number of aromatic hydroxyl groups is 1. The van der Waals surface area contributed by atoms with Crippen molar-refractivity contribution in [1.82, 2.24) is 29.7 Å². The van der Waals surface area contributed by atoms with Gasteiger partial charge in [0, 0.05) is 66.4 Å². The van der Waals surface area contributed by atoms with Crippen molar-refractivity contribution in [2.24, 2.45) is 0 Å². The summed E-state index contributed by atoms with van der Waals surface area (Å²) in [6, 6.07) is 16.1. The molecule has 2 aliphatic heterocycles. The molecule has 252 valence electrons. The number of nitrogen functional groups attached to an aromatic ring is 1. The molecule has 0 saturated carbocycles. The quantitative estimate of drug-likeness (QED) is 0.178. The maximum Gasteiger partial charge on any atom is 0.328 e. The third kappa shape index (κ3) is 7.62. The summed E-state index contributed by atoms with van der Waals surface area (Å²) < 4.78 is 2.83. The van der Waals surface area contributed by atoms with Crippen LogP contribution in [0.1, 0.15) is 60.0 Å². The zero-order valence-electron chi connectivity index (χ0n) is 26.4. The zero-order chi connectivity index (χ0) is 33.8. The number of H-pyrrole nitrogens is 1. The summed E-state index contributed by atoms with van der Waals surface area (Å²) >= 11 is 7.00. The Bertz CT molecular complexity index is 1780. The fourth-order valence-corrected chi connectivity index (χ4v) is 8.08. The van der Waals surface area contributed by atoms with Crippen molar-refractivity contribution in [3.05, 3.63) is 109 Å². The van der Waals surface area contributed by atoms with Crippen molar-refractivity contribution in [3.8, 4) is 5.88 Å². The number of hydrogen-bond acceptors (Lipinski definition) is 6. The van der Waals surface area contributed by atoms with Crippen LogP contribution in [0.4, 0.5) is 10.5 Å². The molecule has 2 aliphatic rings. The van der Waals surface area contributed by atoms with E-state index in [2.05, 4.69) is 47.1 Å². The lowest BCUT2D eigenvalue weighted by molar-refractivity contribution is -0.134. The van der Waals surface area contributed by atoms with Crippen molar-refractivity contribution in [3.63, 3.8) is 0 Å². The van der Waals surface area contributed by atoms with Crippen LogP contribution in [0.25, 0.3) is 0 Å². The van der Waals surface area contributed by atoms with Crippen molar-refractivity contribution in [2.45, 2.75) is 56.5 Å². The normalized spacial score (nSPS) is 16.5. The van der Waals surface area contributed by atoms with Gasteiger partial charge in [-0.15, -0.1) is 0 Å². The van der Waals surface area contributed by atoms with Crippen LogP contribution in [-0.4, -0.2) is 73.6 Å². The van der Waals surface area contributed by atoms with E-state index in [-0.39, 0.29) is 29.5 Å². The van der Waals surface area contributed by atoms with Crippen LogP contribution in [-0.2, 0) is 17.6 Å². The van der Waals surface area contributed by atoms with Crippen LogP contribution in [0.5, 0.6) is 5.88 Å². The monoisotopic (exact) mass is 779 g/mol. The Morgan fingerprint density at radius 3 is 2.21 bits per heavy atom. The van der Waals surface area contributed by atoms with Crippen LogP contribution in [0, 0.1) is 0 Å². The summed E-state index contributed by atoms with van der Waals surface area (Å²) in [7, 11) is 0. The van der Waals surface area contributed by atoms with Crippen LogP contribution in [0.2, 0.25) is 0 Å². The molecular formula is C35H39Br2N7O4. The minimum Gasteiger partial charge on any atom is -0.493 e. The standard InChI is InChI=1S/C35H39Br2N7O4/c36-27-18-23(19-28(37)31(27)38)21-29(32(45)42-14-8-25(9-15-42)24-6-12-39-13-7-24)40-34(47)43-16-10-26(11-17-43)44-33(46)30(41-35(44)48)20-22-4-2-1-3-5-22/h1-7,12-13,18-19,25-26,29,46H,8-11,14-17,20-21,38H2,(H,40,47)(H,41,48)/t29-/m0/s1. The Balaban J connectivity index is 1.12. The number of rotatable bonds is 8. The van der Waals surface area contributed by atoms with Crippen molar-refractivity contribution >= 4 is 49.5 Å². The third-order valence-electron chi connectivity index (χ3n) is 9.47. The molecule has 11 nitrogen and oxygen atoms in total. The van der Waals surface area contributed by atoms with E-state index in [0.29, 0.717) is 78.1 Å². The molecule has 5 N–H and O–H groups in total. The second kappa shape index (κ2) is 15.0. The second-order valence-corrected chi connectivity index (χ2v) is 14.3. The van der Waals surface area contributed by atoms with E-state index in [1.165, 1.54) is 10.1 Å². The molecule has 0 bridgehead atoms. The zero-order valence-corrected chi connectivity index (χ0v) is 29.6. The van der Waals surface area contributed by atoms with Gasteiger partial charge in [-0.3, -0.25) is 14.3 Å². The number of anilines is 1. The van der Waals surface area contributed by atoms with Crippen LogP contribution in [0.15, 0.2) is 80.7 Å². The molecule has 1 atom stereocenters. The number of nitrogens with one attached hydrogen (secondary N) is 2. The number of pyridine rings is 1. The average molecular weight is 782 g/mol. The number of urea groups is 1. The maximum absolute atomic E-state index is 14.0.